The fourth-order valence-electron chi connectivity index (χ4n) is 6.74. The second-order valence-electron chi connectivity index (χ2n) is 11.8. The maximum atomic E-state index is 13.8. The molecule has 2 aliphatic rings. The number of aliphatic hydroxyl groups is 2. The Morgan fingerprint density at radius 2 is 1.51 bits per heavy atom. The molecule has 0 radical (unpaired) electrons. The van der Waals surface area contributed by atoms with Gasteiger partial charge in [-0.05, 0) is 66.8 Å². The van der Waals surface area contributed by atoms with Crippen molar-refractivity contribution in [3.05, 3.63) is 127 Å². The lowest BCUT2D eigenvalue weighted by molar-refractivity contribution is -0.0836. The molecule has 0 saturated heterocycles. The average molecular weight is 639 g/mol. The molecule has 2 bridgehead atoms. The third-order valence-electron chi connectivity index (χ3n) is 9.20. The zero-order chi connectivity index (χ0) is 32.8. The molecule has 4 atom stereocenters. The number of rotatable bonds is 9. The summed E-state index contributed by atoms with van der Waals surface area (Å²) in [5, 5.41) is 23.3. The summed E-state index contributed by atoms with van der Waals surface area (Å²) < 4.78 is 34.3. The van der Waals surface area contributed by atoms with E-state index in [0.717, 1.165) is 16.9 Å². The Labute approximate surface area is 269 Å². The standard InChI is InChI=1S/C37H34O10/c1-42-22-10-4-19(5-11-22)6-12-24-17-26(38)30-31-29-20(7-8-21-18-45-27-15-13-23(43-2)16-25(27)32(21)39)9-14-28(44-3)35(29)47-37(33(31)40)34(41)36(30)46-24/h4-5,9-11,13-18,31,33-34,37,40-41H,6-8,12H2,1-3H3/t31-,33+,34-,37-/m0/s1. The highest BCUT2D eigenvalue weighted by atomic mass is 16.5. The van der Waals surface area contributed by atoms with Gasteiger partial charge in [-0.2, -0.15) is 0 Å². The van der Waals surface area contributed by atoms with Gasteiger partial charge in [-0.3, -0.25) is 9.59 Å². The van der Waals surface area contributed by atoms with Gasteiger partial charge in [-0.1, -0.05) is 18.2 Å². The molecule has 5 aromatic rings. The van der Waals surface area contributed by atoms with Gasteiger partial charge in [0, 0.05) is 23.6 Å². The number of benzene rings is 3. The van der Waals surface area contributed by atoms with Crippen molar-refractivity contribution in [3.63, 3.8) is 0 Å². The molecule has 47 heavy (non-hydrogen) atoms. The molecule has 0 saturated carbocycles. The van der Waals surface area contributed by atoms with Crippen LogP contribution in [0, 0.1) is 0 Å². The van der Waals surface area contributed by atoms with Crippen molar-refractivity contribution in [3.8, 4) is 23.0 Å². The van der Waals surface area contributed by atoms with Crippen LogP contribution in [0.5, 0.6) is 23.0 Å². The minimum Gasteiger partial charge on any atom is -0.497 e. The molecule has 10 heteroatoms. The zero-order valence-corrected chi connectivity index (χ0v) is 26.1. The summed E-state index contributed by atoms with van der Waals surface area (Å²) in [7, 11) is 4.64. The normalized spacial score (nSPS) is 19.4. The fourth-order valence-corrected chi connectivity index (χ4v) is 6.74. The van der Waals surface area contributed by atoms with E-state index >= 15 is 0 Å². The summed E-state index contributed by atoms with van der Waals surface area (Å²) in [6.45, 7) is 0. The van der Waals surface area contributed by atoms with Crippen LogP contribution in [0.25, 0.3) is 11.0 Å². The summed E-state index contributed by atoms with van der Waals surface area (Å²) in [6.07, 6.45) is -0.534. The lowest BCUT2D eigenvalue weighted by Crippen LogP contribution is -2.50. The molecule has 1 aliphatic carbocycles. The Balaban J connectivity index is 1.25. The minimum absolute atomic E-state index is 0.0890. The molecule has 7 rings (SSSR count). The molecule has 10 nitrogen and oxygen atoms in total. The van der Waals surface area contributed by atoms with Crippen LogP contribution in [0.4, 0.5) is 0 Å². The second-order valence-corrected chi connectivity index (χ2v) is 11.8. The van der Waals surface area contributed by atoms with Crippen molar-refractivity contribution >= 4 is 11.0 Å². The van der Waals surface area contributed by atoms with Crippen LogP contribution in [0.2, 0.25) is 0 Å². The van der Waals surface area contributed by atoms with Gasteiger partial charge < -0.3 is 38.0 Å². The van der Waals surface area contributed by atoms with E-state index < -0.39 is 24.2 Å². The first-order chi connectivity index (χ1) is 22.8. The number of aryl methyl sites for hydroxylation is 4. The van der Waals surface area contributed by atoms with Crippen LogP contribution < -0.4 is 29.8 Å². The van der Waals surface area contributed by atoms with Gasteiger partial charge in [0.15, 0.2) is 34.6 Å². The Morgan fingerprint density at radius 1 is 0.766 bits per heavy atom. The molecule has 3 heterocycles. The van der Waals surface area contributed by atoms with Crippen LogP contribution in [-0.4, -0.2) is 43.8 Å². The summed E-state index contributed by atoms with van der Waals surface area (Å²) in [4.78, 5) is 27.2. The van der Waals surface area contributed by atoms with E-state index in [1.54, 1.807) is 31.4 Å². The van der Waals surface area contributed by atoms with Crippen molar-refractivity contribution in [1.82, 2.24) is 0 Å². The maximum Gasteiger partial charge on any atom is 0.195 e. The van der Waals surface area contributed by atoms with Crippen molar-refractivity contribution in [1.29, 1.82) is 0 Å². The average Bonchev–Trinajstić information content (AvgIpc) is 3.09. The molecule has 0 fully saturated rings. The highest BCUT2D eigenvalue weighted by Gasteiger charge is 2.52. The predicted octanol–water partition coefficient (Wildman–Crippen LogP) is 4.64. The van der Waals surface area contributed by atoms with Gasteiger partial charge in [0.2, 0.25) is 0 Å². The molecular weight excluding hydrogens is 604 g/mol. The van der Waals surface area contributed by atoms with E-state index in [4.69, 9.17) is 27.8 Å². The van der Waals surface area contributed by atoms with E-state index in [9.17, 15) is 19.8 Å². The molecular formula is C37H34O10. The van der Waals surface area contributed by atoms with Crippen molar-refractivity contribution in [2.75, 3.05) is 21.3 Å². The second kappa shape index (κ2) is 12.3. The summed E-state index contributed by atoms with van der Waals surface area (Å²) >= 11 is 0. The van der Waals surface area contributed by atoms with Crippen molar-refractivity contribution < 1.29 is 38.0 Å². The van der Waals surface area contributed by atoms with Crippen LogP contribution >= 0.6 is 0 Å². The molecule has 2 aromatic heterocycles. The molecule has 0 unspecified atom stereocenters. The fraction of sp³-hybridized carbons (Fsp3) is 0.297. The Hall–Kier alpha value is -5.06. The smallest absolute Gasteiger partial charge is 0.195 e. The highest BCUT2D eigenvalue weighted by Crippen LogP contribution is 2.52. The number of hydrogen-bond donors (Lipinski definition) is 2. The van der Waals surface area contributed by atoms with Gasteiger partial charge in [-0.25, -0.2) is 0 Å². The van der Waals surface area contributed by atoms with E-state index in [2.05, 4.69) is 0 Å². The number of methoxy groups -OCH3 is 3. The molecule has 1 aliphatic heterocycles. The summed E-state index contributed by atoms with van der Waals surface area (Å²) in [6, 6.07) is 17.7. The van der Waals surface area contributed by atoms with Crippen molar-refractivity contribution in [2.45, 2.75) is 49.9 Å². The Morgan fingerprint density at radius 3 is 2.26 bits per heavy atom. The van der Waals surface area contributed by atoms with Gasteiger partial charge in [0.1, 0.15) is 34.7 Å². The number of ether oxygens (including phenoxy) is 4. The molecule has 2 N–H and O–H groups in total. The monoisotopic (exact) mass is 638 g/mol. The van der Waals surface area contributed by atoms with Crippen LogP contribution in [0.3, 0.4) is 0 Å². The van der Waals surface area contributed by atoms with E-state index in [1.165, 1.54) is 26.5 Å². The molecule has 3 aromatic carbocycles. The number of hydrogen-bond acceptors (Lipinski definition) is 10. The highest BCUT2D eigenvalue weighted by molar-refractivity contribution is 5.78. The quantitative estimate of drug-likeness (QED) is 0.235. The largest absolute Gasteiger partial charge is 0.497 e. The molecule has 242 valence electrons. The third-order valence-corrected chi connectivity index (χ3v) is 9.20. The van der Waals surface area contributed by atoms with Gasteiger partial charge in [0.05, 0.1) is 44.5 Å². The van der Waals surface area contributed by atoms with Crippen molar-refractivity contribution in [2.24, 2.45) is 0 Å². The number of fused-ring (bicyclic) bond motifs is 7. The lowest BCUT2D eigenvalue weighted by atomic mass is 9.72. The molecule has 0 spiro atoms. The van der Waals surface area contributed by atoms with Gasteiger partial charge in [0.25, 0.3) is 0 Å². The maximum absolute atomic E-state index is 13.8. The third kappa shape index (κ3) is 5.33. The minimum atomic E-state index is -1.38. The molecule has 0 amide bonds. The Kier molecular flexibility index (Phi) is 7.99. The zero-order valence-electron chi connectivity index (χ0n) is 26.1. The predicted molar refractivity (Wildman–Crippen MR) is 172 cm³/mol. The summed E-state index contributed by atoms with van der Waals surface area (Å²) in [5.74, 6) is 1.70. The van der Waals surface area contributed by atoms with Crippen LogP contribution in [-0.2, 0) is 25.7 Å². The van der Waals surface area contributed by atoms with Gasteiger partial charge >= 0.3 is 0 Å². The van der Waals surface area contributed by atoms with E-state index in [-0.39, 0.29) is 22.2 Å². The first-order valence-electron chi connectivity index (χ1n) is 15.4. The summed E-state index contributed by atoms with van der Waals surface area (Å²) in [5.41, 5.74) is 2.94. The SMILES string of the molecule is COc1ccc(CCc2cc(=O)c3c(o2)[C@H](O)[C@H]2Oc4c(OC)ccc(CCc5coc6ccc(OC)cc6c5=O)c4[C@@H]3[C@H]2O)cc1. The van der Waals surface area contributed by atoms with Gasteiger partial charge in [-0.15, -0.1) is 0 Å². The topological polar surface area (TPSA) is 138 Å². The van der Waals surface area contributed by atoms with E-state index in [1.807, 2.05) is 30.3 Å². The van der Waals surface area contributed by atoms with E-state index in [0.29, 0.717) is 70.8 Å². The first-order valence-corrected chi connectivity index (χ1v) is 15.4. The lowest BCUT2D eigenvalue weighted by Gasteiger charge is -2.44. The number of aliphatic hydroxyl groups excluding tert-OH is 2. The van der Waals surface area contributed by atoms with Crippen LogP contribution in [0.15, 0.2) is 85.4 Å². The van der Waals surface area contributed by atoms with Crippen LogP contribution in [0.1, 0.15) is 51.4 Å². The first kappa shape index (κ1) is 30.6. The Bertz CT molecular complexity index is 2080.